The number of rotatable bonds is 4. The standard InChI is InChI=1S/C11H16NO/c1-3-12(8-9-13)11-7-5-4-6-10(11)2/h5-7,13H,3,8-9H2,1-2H3. The van der Waals surface area contributed by atoms with Crippen LogP contribution in [0.1, 0.15) is 12.5 Å². The molecule has 2 heteroatoms. The van der Waals surface area contributed by atoms with Crippen LogP contribution in [0.3, 0.4) is 0 Å². The molecule has 0 amide bonds. The predicted molar refractivity (Wildman–Crippen MR) is 55.0 cm³/mol. The normalized spacial score (nSPS) is 10.1. The zero-order valence-corrected chi connectivity index (χ0v) is 8.25. The zero-order valence-electron chi connectivity index (χ0n) is 8.25. The molecule has 1 radical (unpaired) electrons. The number of aliphatic hydroxyl groups excluding tert-OH is 1. The fourth-order valence-electron chi connectivity index (χ4n) is 1.43. The van der Waals surface area contributed by atoms with Gasteiger partial charge in [-0.15, -0.1) is 0 Å². The van der Waals surface area contributed by atoms with Gasteiger partial charge in [0, 0.05) is 18.8 Å². The Morgan fingerprint density at radius 2 is 2.31 bits per heavy atom. The molecule has 0 bridgehead atoms. The highest BCUT2D eigenvalue weighted by Gasteiger charge is 2.04. The van der Waals surface area contributed by atoms with Crippen molar-refractivity contribution in [2.45, 2.75) is 13.8 Å². The van der Waals surface area contributed by atoms with Gasteiger partial charge in [0.1, 0.15) is 0 Å². The second kappa shape index (κ2) is 4.87. The van der Waals surface area contributed by atoms with Gasteiger partial charge in [-0.25, -0.2) is 0 Å². The van der Waals surface area contributed by atoms with E-state index >= 15 is 0 Å². The topological polar surface area (TPSA) is 23.5 Å². The Labute approximate surface area is 79.8 Å². The minimum atomic E-state index is 0.200. The number of aryl methyl sites for hydroxylation is 1. The van der Waals surface area contributed by atoms with Crippen LogP contribution in [0.2, 0.25) is 0 Å². The van der Waals surface area contributed by atoms with E-state index in [9.17, 15) is 0 Å². The Morgan fingerprint density at radius 1 is 1.54 bits per heavy atom. The van der Waals surface area contributed by atoms with E-state index < -0.39 is 0 Å². The number of nitrogens with zero attached hydrogens (tertiary/aromatic N) is 1. The van der Waals surface area contributed by atoms with Gasteiger partial charge in [0.25, 0.3) is 0 Å². The quantitative estimate of drug-likeness (QED) is 0.757. The lowest BCUT2D eigenvalue weighted by atomic mass is 10.2. The van der Waals surface area contributed by atoms with Gasteiger partial charge in [-0.2, -0.15) is 0 Å². The second-order valence-electron chi connectivity index (χ2n) is 3.02. The number of anilines is 1. The summed E-state index contributed by atoms with van der Waals surface area (Å²) < 4.78 is 0. The smallest absolute Gasteiger partial charge is 0.0606 e. The van der Waals surface area contributed by atoms with Crippen LogP contribution in [-0.2, 0) is 0 Å². The molecule has 71 valence electrons. The lowest BCUT2D eigenvalue weighted by Gasteiger charge is -2.23. The number of aliphatic hydroxyl groups is 1. The van der Waals surface area contributed by atoms with Crippen LogP contribution in [0.5, 0.6) is 0 Å². The second-order valence-corrected chi connectivity index (χ2v) is 3.02. The van der Waals surface area contributed by atoms with Crippen LogP contribution in [0.4, 0.5) is 5.69 Å². The van der Waals surface area contributed by atoms with E-state index in [0.29, 0.717) is 6.54 Å². The first kappa shape index (κ1) is 10.1. The first-order valence-electron chi connectivity index (χ1n) is 4.62. The molecule has 0 fully saturated rings. The summed E-state index contributed by atoms with van der Waals surface area (Å²) in [6.45, 7) is 5.97. The Hall–Kier alpha value is -1.02. The third-order valence-corrected chi connectivity index (χ3v) is 2.13. The number of hydrogen-bond acceptors (Lipinski definition) is 2. The van der Waals surface area contributed by atoms with Gasteiger partial charge < -0.3 is 10.0 Å². The highest BCUT2D eigenvalue weighted by atomic mass is 16.3. The highest BCUT2D eigenvalue weighted by molar-refractivity contribution is 5.52. The van der Waals surface area contributed by atoms with Crippen molar-refractivity contribution in [3.05, 3.63) is 29.8 Å². The van der Waals surface area contributed by atoms with Crippen LogP contribution >= 0.6 is 0 Å². The van der Waals surface area contributed by atoms with E-state index in [1.54, 1.807) is 0 Å². The largest absolute Gasteiger partial charge is 0.395 e. The van der Waals surface area contributed by atoms with E-state index in [1.807, 2.05) is 18.2 Å². The Bertz CT molecular complexity index is 260. The van der Waals surface area contributed by atoms with Gasteiger partial charge in [0.15, 0.2) is 0 Å². The molecule has 0 saturated carbocycles. The van der Waals surface area contributed by atoms with Gasteiger partial charge in [0.05, 0.1) is 6.61 Å². The molecule has 1 N–H and O–H groups in total. The average Bonchev–Trinajstić information content (AvgIpc) is 2.16. The molecule has 0 atom stereocenters. The summed E-state index contributed by atoms with van der Waals surface area (Å²) >= 11 is 0. The molecule has 0 spiro atoms. The monoisotopic (exact) mass is 178 g/mol. The first-order chi connectivity index (χ1) is 6.29. The fourth-order valence-corrected chi connectivity index (χ4v) is 1.43. The molecule has 0 heterocycles. The molecular weight excluding hydrogens is 162 g/mol. The maximum absolute atomic E-state index is 8.87. The first-order valence-corrected chi connectivity index (χ1v) is 4.62. The minimum absolute atomic E-state index is 0.200. The highest BCUT2D eigenvalue weighted by Crippen LogP contribution is 2.17. The summed E-state index contributed by atoms with van der Waals surface area (Å²) in [4.78, 5) is 2.16. The van der Waals surface area contributed by atoms with Crippen molar-refractivity contribution in [3.8, 4) is 0 Å². The van der Waals surface area contributed by atoms with Crippen molar-refractivity contribution in [3.63, 3.8) is 0 Å². The lowest BCUT2D eigenvalue weighted by Crippen LogP contribution is -2.26. The molecule has 0 aliphatic carbocycles. The molecule has 0 aliphatic rings. The maximum atomic E-state index is 8.87. The molecule has 13 heavy (non-hydrogen) atoms. The van der Waals surface area contributed by atoms with E-state index in [2.05, 4.69) is 24.8 Å². The molecular formula is C11H16NO. The fraction of sp³-hybridized carbons (Fsp3) is 0.455. The number of hydrogen-bond donors (Lipinski definition) is 1. The molecule has 0 saturated heterocycles. The van der Waals surface area contributed by atoms with Crippen LogP contribution in [0.15, 0.2) is 18.2 Å². The lowest BCUT2D eigenvalue weighted by molar-refractivity contribution is 0.302. The van der Waals surface area contributed by atoms with Crippen molar-refractivity contribution in [1.29, 1.82) is 0 Å². The summed E-state index contributed by atoms with van der Waals surface area (Å²) in [6.07, 6.45) is 0. The average molecular weight is 178 g/mol. The van der Waals surface area contributed by atoms with E-state index in [1.165, 1.54) is 11.3 Å². The number of benzene rings is 1. The summed E-state index contributed by atoms with van der Waals surface area (Å²) in [7, 11) is 0. The summed E-state index contributed by atoms with van der Waals surface area (Å²) in [5.74, 6) is 0. The Morgan fingerprint density at radius 3 is 2.85 bits per heavy atom. The summed E-state index contributed by atoms with van der Waals surface area (Å²) in [5.41, 5.74) is 2.40. The van der Waals surface area contributed by atoms with Crippen molar-refractivity contribution in [2.24, 2.45) is 0 Å². The molecule has 2 nitrogen and oxygen atoms in total. The van der Waals surface area contributed by atoms with E-state index in [4.69, 9.17) is 5.11 Å². The van der Waals surface area contributed by atoms with Crippen molar-refractivity contribution < 1.29 is 5.11 Å². The van der Waals surface area contributed by atoms with Crippen LogP contribution in [0.25, 0.3) is 0 Å². The molecule has 0 unspecified atom stereocenters. The minimum Gasteiger partial charge on any atom is -0.395 e. The van der Waals surface area contributed by atoms with E-state index in [0.717, 1.165) is 6.54 Å². The third kappa shape index (κ3) is 2.46. The van der Waals surface area contributed by atoms with Gasteiger partial charge in [-0.1, -0.05) is 6.07 Å². The molecule has 0 aliphatic heterocycles. The van der Waals surface area contributed by atoms with Crippen LogP contribution in [-0.4, -0.2) is 24.8 Å². The third-order valence-electron chi connectivity index (χ3n) is 2.13. The van der Waals surface area contributed by atoms with Crippen molar-refractivity contribution >= 4 is 5.69 Å². The van der Waals surface area contributed by atoms with Crippen LogP contribution in [0, 0.1) is 13.0 Å². The van der Waals surface area contributed by atoms with Crippen molar-refractivity contribution in [1.82, 2.24) is 0 Å². The Kier molecular flexibility index (Phi) is 3.77. The summed E-state index contributed by atoms with van der Waals surface area (Å²) in [5, 5.41) is 8.87. The molecule has 1 rings (SSSR count). The molecule has 1 aromatic rings. The van der Waals surface area contributed by atoms with Gasteiger partial charge in [-0.3, -0.25) is 0 Å². The summed E-state index contributed by atoms with van der Waals surface area (Å²) in [6, 6.07) is 8.94. The van der Waals surface area contributed by atoms with E-state index in [-0.39, 0.29) is 6.61 Å². The maximum Gasteiger partial charge on any atom is 0.0606 e. The molecule has 0 aromatic heterocycles. The number of likely N-dealkylation sites (N-methyl/N-ethyl adjacent to an activating group) is 1. The van der Waals surface area contributed by atoms with Gasteiger partial charge in [-0.05, 0) is 37.6 Å². The van der Waals surface area contributed by atoms with Crippen molar-refractivity contribution in [2.75, 3.05) is 24.6 Å². The SMILES string of the molecule is CCN(CCO)c1cc[c]cc1C. The van der Waals surface area contributed by atoms with Crippen LogP contribution < -0.4 is 4.90 Å². The molecule has 1 aromatic carbocycles. The Balaban J connectivity index is 2.84. The van der Waals surface area contributed by atoms with Gasteiger partial charge >= 0.3 is 0 Å². The van der Waals surface area contributed by atoms with Gasteiger partial charge in [0.2, 0.25) is 0 Å². The predicted octanol–water partition coefficient (Wildman–Crippen LogP) is 1.61. The zero-order chi connectivity index (χ0) is 9.68.